The molecule has 6 nitrogen and oxygen atoms in total. The van der Waals surface area contributed by atoms with E-state index in [1.807, 2.05) is 57.1 Å². The summed E-state index contributed by atoms with van der Waals surface area (Å²) in [6, 6.07) is 7.48. The molecule has 6 heteroatoms. The summed E-state index contributed by atoms with van der Waals surface area (Å²) in [6.45, 7) is 3.72. The summed E-state index contributed by atoms with van der Waals surface area (Å²) in [5.41, 5.74) is 2.99. The van der Waals surface area contributed by atoms with Gasteiger partial charge in [-0.3, -0.25) is 4.79 Å². The van der Waals surface area contributed by atoms with Gasteiger partial charge in [0.1, 0.15) is 5.75 Å². The number of hydrogen-bond acceptors (Lipinski definition) is 5. The first-order valence-electron chi connectivity index (χ1n) is 7.36. The van der Waals surface area contributed by atoms with Crippen LogP contribution in [0.1, 0.15) is 17.0 Å². The maximum absolute atomic E-state index is 12.3. The number of amides is 1. The van der Waals surface area contributed by atoms with Crippen LogP contribution in [0, 0.1) is 13.8 Å². The molecule has 0 atom stereocenters. The molecular weight excluding hydrogens is 292 g/mol. The second-order valence-electron chi connectivity index (χ2n) is 5.50. The Morgan fingerprint density at radius 1 is 1.17 bits per heavy atom. The van der Waals surface area contributed by atoms with Crippen molar-refractivity contribution in [3.63, 3.8) is 0 Å². The molecule has 1 aromatic heterocycles. The van der Waals surface area contributed by atoms with Crippen molar-refractivity contribution in [2.24, 2.45) is 0 Å². The molecule has 23 heavy (non-hydrogen) atoms. The van der Waals surface area contributed by atoms with E-state index in [1.54, 1.807) is 7.11 Å². The number of methoxy groups -OCH3 is 1. The molecule has 0 saturated heterocycles. The predicted octanol–water partition coefficient (Wildman–Crippen LogP) is 2.35. The van der Waals surface area contributed by atoms with E-state index in [0.29, 0.717) is 17.4 Å². The minimum Gasteiger partial charge on any atom is -0.496 e. The number of anilines is 2. The third kappa shape index (κ3) is 3.97. The van der Waals surface area contributed by atoms with E-state index in [2.05, 4.69) is 15.3 Å². The van der Waals surface area contributed by atoms with E-state index in [1.165, 1.54) is 0 Å². The molecule has 0 saturated carbocycles. The number of aryl methyl sites for hydroxylation is 2. The Morgan fingerprint density at radius 3 is 2.35 bits per heavy atom. The Morgan fingerprint density at radius 2 is 1.78 bits per heavy atom. The summed E-state index contributed by atoms with van der Waals surface area (Å²) in [6.07, 6.45) is 0.234. The first kappa shape index (κ1) is 16.7. The molecule has 1 aromatic carbocycles. The third-order valence-electron chi connectivity index (χ3n) is 3.47. The first-order valence-corrected chi connectivity index (χ1v) is 7.36. The molecule has 1 amide bonds. The molecule has 2 aromatic rings. The molecule has 122 valence electrons. The highest BCUT2D eigenvalue weighted by molar-refractivity contribution is 5.93. The molecule has 0 aliphatic rings. The molecule has 1 N–H and O–H groups in total. The lowest BCUT2D eigenvalue weighted by atomic mass is 10.1. The van der Waals surface area contributed by atoms with Gasteiger partial charge in [0, 0.05) is 19.7 Å². The van der Waals surface area contributed by atoms with Crippen LogP contribution in [-0.4, -0.2) is 37.1 Å². The number of nitrogens with one attached hydrogen (secondary N) is 1. The van der Waals surface area contributed by atoms with Gasteiger partial charge in [-0.1, -0.05) is 18.2 Å². The fourth-order valence-corrected chi connectivity index (χ4v) is 2.29. The van der Waals surface area contributed by atoms with E-state index in [4.69, 9.17) is 4.74 Å². The standard InChI is InChI=1S/C17H22N4O2/c1-11-16(12(2)19-17(18-11)21(3)4)20-15(22)10-13-8-6-7-9-14(13)23-5/h6-9H,10H2,1-5H3,(H,20,22). The summed E-state index contributed by atoms with van der Waals surface area (Å²) in [5.74, 6) is 1.21. The highest BCUT2D eigenvalue weighted by atomic mass is 16.5. The molecule has 0 bridgehead atoms. The minimum atomic E-state index is -0.123. The fraction of sp³-hybridized carbons (Fsp3) is 0.353. The number of ether oxygens (including phenoxy) is 1. The van der Waals surface area contributed by atoms with Gasteiger partial charge in [0.25, 0.3) is 0 Å². The van der Waals surface area contributed by atoms with Gasteiger partial charge < -0.3 is 15.0 Å². The number of carbonyl (C=O) groups is 1. The zero-order chi connectivity index (χ0) is 17.0. The lowest BCUT2D eigenvalue weighted by molar-refractivity contribution is -0.115. The highest BCUT2D eigenvalue weighted by Crippen LogP contribution is 2.21. The Labute approximate surface area is 136 Å². The van der Waals surface area contributed by atoms with E-state index in [9.17, 15) is 4.79 Å². The van der Waals surface area contributed by atoms with Crippen LogP contribution < -0.4 is 15.0 Å². The van der Waals surface area contributed by atoms with E-state index < -0.39 is 0 Å². The zero-order valence-electron chi connectivity index (χ0n) is 14.2. The van der Waals surface area contributed by atoms with Crippen molar-refractivity contribution in [1.82, 2.24) is 9.97 Å². The average Bonchev–Trinajstić information content (AvgIpc) is 2.51. The SMILES string of the molecule is COc1ccccc1CC(=O)Nc1c(C)nc(N(C)C)nc1C. The molecule has 0 radical (unpaired) electrons. The molecule has 0 unspecified atom stereocenters. The van der Waals surface area contributed by atoms with E-state index in [-0.39, 0.29) is 12.3 Å². The van der Waals surface area contributed by atoms with Crippen LogP contribution in [0.25, 0.3) is 0 Å². The van der Waals surface area contributed by atoms with Crippen molar-refractivity contribution >= 4 is 17.5 Å². The topological polar surface area (TPSA) is 67.3 Å². The Balaban J connectivity index is 2.17. The van der Waals surface area contributed by atoms with Crippen LogP contribution in [0.4, 0.5) is 11.6 Å². The maximum Gasteiger partial charge on any atom is 0.229 e. The van der Waals surface area contributed by atoms with Gasteiger partial charge in [0.05, 0.1) is 30.6 Å². The largest absolute Gasteiger partial charge is 0.496 e. The number of hydrogen-bond donors (Lipinski definition) is 1. The molecule has 2 rings (SSSR count). The maximum atomic E-state index is 12.3. The van der Waals surface area contributed by atoms with Gasteiger partial charge in [-0.15, -0.1) is 0 Å². The van der Waals surface area contributed by atoms with Gasteiger partial charge in [0.2, 0.25) is 11.9 Å². The summed E-state index contributed by atoms with van der Waals surface area (Å²) in [7, 11) is 5.36. The zero-order valence-corrected chi connectivity index (χ0v) is 14.2. The highest BCUT2D eigenvalue weighted by Gasteiger charge is 2.14. The normalized spacial score (nSPS) is 10.3. The van der Waals surface area contributed by atoms with Crippen molar-refractivity contribution < 1.29 is 9.53 Å². The predicted molar refractivity (Wildman–Crippen MR) is 91.2 cm³/mol. The van der Waals surface area contributed by atoms with Gasteiger partial charge in [-0.2, -0.15) is 0 Å². The van der Waals surface area contributed by atoms with Crippen molar-refractivity contribution in [3.05, 3.63) is 41.2 Å². The summed E-state index contributed by atoms with van der Waals surface area (Å²) >= 11 is 0. The number of rotatable bonds is 5. The van der Waals surface area contributed by atoms with Crippen molar-refractivity contribution in [1.29, 1.82) is 0 Å². The van der Waals surface area contributed by atoms with Gasteiger partial charge in [-0.25, -0.2) is 9.97 Å². The van der Waals surface area contributed by atoms with E-state index >= 15 is 0 Å². The summed E-state index contributed by atoms with van der Waals surface area (Å²) < 4.78 is 5.28. The smallest absolute Gasteiger partial charge is 0.229 e. The lowest BCUT2D eigenvalue weighted by Gasteiger charge is -2.16. The van der Waals surface area contributed by atoms with Crippen LogP contribution >= 0.6 is 0 Å². The van der Waals surface area contributed by atoms with E-state index in [0.717, 1.165) is 17.0 Å². The Bertz CT molecular complexity index is 690. The Kier molecular flexibility index (Phi) is 5.16. The van der Waals surface area contributed by atoms with Crippen LogP contribution in [0.5, 0.6) is 5.75 Å². The van der Waals surface area contributed by atoms with Crippen LogP contribution in [-0.2, 0) is 11.2 Å². The number of aromatic nitrogens is 2. The van der Waals surface area contributed by atoms with Crippen molar-refractivity contribution in [2.45, 2.75) is 20.3 Å². The van der Waals surface area contributed by atoms with Crippen LogP contribution in [0.3, 0.4) is 0 Å². The molecule has 0 spiro atoms. The fourth-order valence-electron chi connectivity index (χ4n) is 2.29. The van der Waals surface area contributed by atoms with Crippen LogP contribution in [0.15, 0.2) is 24.3 Å². The third-order valence-corrected chi connectivity index (χ3v) is 3.47. The minimum absolute atomic E-state index is 0.123. The molecule has 1 heterocycles. The number of para-hydroxylation sites is 1. The van der Waals surface area contributed by atoms with Crippen molar-refractivity contribution in [2.75, 3.05) is 31.4 Å². The second kappa shape index (κ2) is 7.09. The average molecular weight is 314 g/mol. The number of benzene rings is 1. The summed E-state index contributed by atoms with van der Waals surface area (Å²) in [5, 5.41) is 2.91. The molecule has 0 aliphatic heterocycles. The first-order chi connectivity index (χ1) is 10.9. The monoisotopic (exact) mass is 314 g/mol. The van der Waals surface area contributed by atoms with Gasteiger partial charge >= 0.3 is 0 Å². The number of nitrogens with zero attached hydrogens (tertiary/aromatic N) is 3. The molecule has 0 aliphatic carbocycles. The molecule has 0 fully saturated rings. The lowest BCUT2D eigenvalue weighted by Crippen LogP contribution is -2.19. The molecular formula is C17H22N4O2. The Hall–Kier alpha value is -2.63. The number of carbonyl (C=O) groups excluding carboxylic acids is 1. The quantitative estimate of drug-likeness (QED) is 0.917. The second-order valence-corrected chi connectivity index (χ2v) is 5.50. The summed E-state index contributed by atoms with van der Waals surface area (Å²) in [4.78, 5) is 23.0. The van der Waals surface area contributed by atoms with Gasteiger partial charge in [-0.05, 0) is 19.9 Å². The van der Waals surface area contributed by atoms with Crippen LogP contribution in [0.2, 0.25) is 0 Å². The van der Waals surface area contributed by atoms with Gasteiger partial charge in [0.15, 0.2) is 0 Å². The van der Waals surface area contributed by atoms with Crippen molar-refractivity contribution in [3.8, 4) is 5.75 Å².